The summed E-state index contributed by atoms with van der Waals surface area (Å²) >= 11 is 0. The second kappa shape index (κ2) is 4.30. The number of aromatic nitrogens is 3. The van der Waals surface area contributed by atoms with Crippen molar-refractivity contribution < 1.29 is 0 Å². The van der Waals surface area contributed by atoms with Gasteiger partial charge in [-0.1, -0.05) is 0 Å². The van der Waals surface area contributed by atoms with E-state index in [-0.39, 0.29) is 6.04 Å². The Morgan fingerprint density at radius 2 is 2.12 bits per heavy atom. The maximum Gasteiger partial charge on any atom is 0.147 e. The van der Waals surface area contributed by atoms with Gasteiger partial charge in [0.2, 0.25) is 0 Å². The lowest BCUT2D eigenvalue weighted by molar-refractivity contribution is 0.573. The molecule has 3 rings (SSSR count). The SMILES string of the molecule is NC1CCCc2cn(Cc3ncccn3)cc21. The average molecular weight is 228 g/mol. The standard InChI is InChI=1S/C13H16N4/c14-12-4-1-3-10-7-17(8-11(10)12)9-13-15-5-2-6-16-13/h2,5-8,12H,1,3-4,9,14H2. The Kier molecular flexibility index (Phi) is 2.65. The molecule has 4 nitrogen and oxygen atoms in total. The molecule has 1 atom stereocenters. The van der Waals surface area contributed by atoms with Crippen molar-refractivity contribution in [3.63, 3.8) is 0 Å². The van der Waals surface area contributed by atoms with Crippen molar-refractivity contribution in [1.82, 2.24) is 14.5 Å². The minimum absolute atomic E-state index is 0.205. The molecule has 0 amide bonds. The quantitative estimate of drug-likeness (QED) is 0.850. The van der Waals surface area contributed by atoms with Gasteiger partial charge in [0.05, 0.1) is 6.54 Å². The highest BCUT2D eigenvalue weighted by molar-refractivity contribution is 5.30. The van der Waals surface area contributed by atoms with Crippen LogP contribution in [0.1, 0.15) is 35.8 Å². The molecule has 2 aromatic heterocycles. The van der Waals surface area contributed by atoms with Crippen molar-refractivity contribution in [2.45, 2.75) is 31.8 Å². The third kappa shape index (κ3) is 2.08. The van der Waals surface area contributed by atoms with Crippen molar-refractivity contribution in [2.75, 3.05) is 0 Å². The van der Waals surface area contributed by atoms with Gasteiger partial charge < -0.3 is 10.3 Å². The summed E-state index contributed by atoms with van der Waals surface area (Å²) in [4.78, 5) is 8.47. The fourth-order valence-electron chi connectivity index (χ4n) is 2.45. The van der Waals surface area contributed by atoms with Crippen molar-refractivity contribution in [3.8, 4) is 0 Å². The van der Waals surface area contributed by atoms with E-state index in [1.165, 1.54) is 17.5 Å². The summed E-state index contributed by atoms with van der Waals surface area (Å²) in [6, 6.07) is 2.04. The topological polar surface area (TPSA) is 56.7 Å². The Morgan fingerprint density at radius 3 is 2.88 bits per heavy atom. The molecule has 0 aliphatic heterocycles. The molecule has 0 radical (unpaired) electrons. The summed E-state index contributed by atoms with van der Waals surface area (Å²) in [5, 5.41) is 0. The van der Waals surface area contributed by atoms with Gasteiger partial charge in [-0.15, -0.1) is 0 Å². The third-order valence-electron chi connectivity index (χ3n) is 3.30. The van der Waals surface area contributed by atoms with Crippen LogP contribution in [-0.4, -0.2) is 14.5 Å². The summed E-state index contributed by atoms with van der Waals surface area (Å²) in [5.74, 6) is 0.841. The lowest BCUT2D eigenvalue weighted by Gasteiger charge is -2.17. The number of hydrogen-bond acceptors (Lipinski definition) is 3. The summed E-state index contributed by atoms with van der Waals surface area (Å²) in [5.41, 5.74) is 8.80. The molecule has 2 heterocycles. The minimum Gasteiger partial charge on any atom is -0.346 e. The van der Waals surface area contributed by atoms with E-state index in [2.05, 4.69) is 26.9 Å². The molecule has 0 aromatic carbocycles. The maximum atomic E-state index is 6.11. The van der Waals surface area contributed by atoms with Crippen molar-refractivity contribution in [1.29, 1.82) is 0 Å². The number of nitrogens with two attached hydrogens (primary N) is 1. The van der Waals surface area contributed by atoms with Crippen LogP contribution in [0.15, 0.2) is 30.9 Å². The lowest BCUT2D eigenvalue weighted by Crippen LogP contribution is -2.15. The van der Waals surface area contributed by atoms with Gasteiger partial charge in [0, 0.05) is 30.8 Å². The Morgan fingerprint density at radius 1 is 1.29 bits per heavy atom. The first-order valence-electron chi connectivity index (χ1n) is 6.03. The van der Waals surface area contributed by atoms with E-state index in [0.717, 1.165) is 25.2 Å². The molecule has 88 valence electrons. The van der Waals surface area contributed by atoms with Crippen LogP contribution in [-0.2, 0) is 13.0 Å². The van der Waals surface area contributed by atoms with Gasteiger partial charge in [0.25, 0.3) is 0 Å². The normalized spacial score (nSPS) is 19.0. The van der Waals surface area contributed by atoms with E-state index in [1.54, 1.807) is 12.4 Å². The molecular formula is C13H16N4. The highest BCUT2D eigenvalue weighted by Gasteiger charge is 2.18. The predicted molar refractivity (Wildman–Crippen MR) is 65.4 cm³/mol. The molecule has 0 saturated heterocycles. The van der Waals surface area contributed by atoms with E-state index in [0.29, 0.717) is 0 Å². The number of hydrogen-bond donors (Lipinski definition) is 1. The first-order chi connectivity index (χ1) is 8.33. The third-order valence-corrected chi connectivity index (χ3v) is 3.30. The van der Waals surface area contributed by atoms with Crippen LogP contribution in [0.4, 0.5) is 0 Å². The Labute approximate surface area is 101 Å². The molecule has 0 bridgehead atoms. The molecular weight excluding hydrogens is 212 g/mol. The molecule has 2 aromatic rings. The van der Waals surface area contributed by atoms with Gasteiger partial charge in [-0.05, 0) is 36.5 Å². The Bertz CT molecular complexity index is 503. The molecule has 4 heteroatoms. The smallest absolute Gasteiger partial charge is 0.147 e. The Hall–Kier alpha value is -1.68. The summed E-state index contributed by atoms with van der Waals surface area (Å²) < 4.78 is 2.14. The minimum atomic E-state index is 0.205. The van der Waals surface area contributed by atoms with Gasteiger partial charge in [0.1, 0.15) is 5.82 Å². The van der Waals surface area contributed by atoms with Gasteiger partial charge >= 0.3 is 0 Å². The lowest BCUT2D eigenvalue weighted by atomic mass is 9.92. The zero-order valence-electron chi connectivity index (χ0n) is 9.71. The van der Waals surface area contributed by atoms with Crippen LogP contribution < -0.4 is 5.73 Å². The summed E-state index contributed by atoms with van der Waals surface area (Å²) in [7, 11) is 0. The van der Waals surface area contributed by atoms with Crippen LogP contribution in [0.25, 0.3) is 0 Å². The van der Waals surface area contributed by atoms with E-state index in [4.69, 9.17) is 5.73 Å². The zero-order chi connectivity index (χ0) is 11.7. The van der Waals surface area contributed by atoms with Gasteiger partial charge in [-0.25, -0.2) is 9.97 Å². The van der Waals surface area contributed by atoms with E-state index < -0.39 is 0 Å². The molecule has 17 heavy (non-hydrogen) atoms. The number of aryl methyl sites for hydroxylation is 1. The van der Waals surface area contributed by atoms with Crippen LogP contribution in [0.2, 0.25) is 0 Å². The van der Waals surface area contributed by atoms with Crippen LogP contribution in [0.5, 0.6) is 0 Å². The molecule has 1 unspecified atom stereocenters. The summed E-state index contributed by atoms with van der Waals surface area (Å²) in [6.45, 7) is 0.723. The Balaban J connectivity index is 1.85. The van der Waals surface area contributed by atoms with Crippen LogP contribution in [0, 0.1) is 0 Å². The molecule has 0 saturated carbocycles. The van der Waals surface area contributed by atoms with E-state index >= 15 is 0 Å². The highest BCUT2D eigenvalue weighted by atomic mass is 15.0. The number of rotatable bonds is 2. The first-order valence-corrected chi connectivity index (χ1v) is 6.03. The van der Waals surface area contributed by atoms with Gasteiger partial charge in [-0.2, -0.15) is 0 Å². The fraction of sp³-hybridized carbons (Fsp3) is 0.385. The van der Waals surface area contributed by atoms with Gasteiger partial charge in [0.15, 0.2) is 0 Å². The van der Waals surface area contributed by atoms with Crippen LogP contribution >= 0.6 is 0 Å². The van der Waals surface area contributed by atoms with Gasteiger partial charge in [-0.3, -0.25) is 0 Å². The average Bonchev–Trinajstić information content (AvgIpc) is 2.74. The second-order valence-corrected chi connectivity index (χ2v) is 4.57. The first kappa shape index (κ1) is 10.5. The monoisotopic (exact) mass is 228 g/mol. The highest BCUT2D eigenvalue weighted by Crippen LogP contribution is 2.28. The fourth-order valence-corrected chi connectivity index (χ4v) is 2.45. The van der Waals surface area contributed by atoms with Crippen LogP contribution in [0.3, 0.4) is 0 Å². The molecule has 0 spiro atoms. The second-order valence-electron chi connectivity index (χ2n) is 4.57. The molecule has 1 aliphatic carbocycles. The maximum absolute atomic E-state index is 6.11. The number of nitrogens with zero attached hydrogens (tertiary/aromatic N) is 3. The number of fused-ring (bicyclic) bond motifs is 1. The van der Waals surface area contributed by atoms with Crippen molar-refractivity contribution in [3.05, 3.63) is 47.8 Å². The molecule has 2 N–H and O–H groups in total. The van der Waals surface area contributed by atoms with E-state index in [1.807, 2.05) is 6.07 Å². The zero-order valence-corrected chi connectivity index (χ0v) is 9.71. The largest absolute Gasteiger partial charge is 0.346 e. The molecule has 0 fully saturated rings. The van der Waals surface area contributed by atoms with E-state index in [9.17, 15) is 0 Å². The molecule has 1 aliphatic rings. The summed E-state index contributed by atoms with van der Waals surface area (Å²) in [6.07, 6.45) is 11.3. The van der Waals surface area contributed by atoms with Crippen molar-refractivity contribution >= 4 is 0 Å². The predicted octanol–water partition coefficient (Wildman–Crippen LogP) is 1.66. The van der Waals surface area contributed by atoms with Crippen molar-refractivity contribution in [2.24, 2.45) is 5.73 Å².